The molecule has 0 saturated heterocycles. The molecule has 0 bridgehead atoms. The quantitative estimate of drug-likeness (QED) is 0.175. The molecule has 0 aromatic heterocycles. The molecule has 0 heterocycles. The molecular weight excluding hydrogens is 448 g/mol. The molecule has 1 N–H and O–H groups in total. The van der Waals surface area contributed by atoms with Gasteiger partial charge in [-0.2, -0.15) is 0 Å². The van der Waals surface area contributed by atoms with Crippen LogP contribution in [0.15, 0.2) is 24.3 Å². The normalized spacial score (nSPS) is 9.82. The number of hydrogen-bond acceptors (Lipinski definition) is 10. The number of esters is 1. The maximum absolute atomic E-state index is 11.0. The molecule has 0 aliphatic carbocycles. The molecular formula is C22H45ClN6O4. The second kappa shape index (κ2) is 26.4. The van der Waals surface area contributed by atoms with Gasteiger partial charge in [-0.3, -0.25) is 4.79 Å². The zero-order valence-electron chi connectivity index (χ0n) is 21.8. The third-order valence-corrected chi connectivity index (χ3v) is 4.05. The maximum Gasteiger partial charge on any atom is 0.333 e. The van der Waals surface area contributed by atoms with Gasteiger partial charge in [0.1, 0.15) is 6.61 Å². The summed E-state index contributed by atoms with van der Waals surface area (Å²) in [6.07, 6.45) is 0. The third kappa shape index (κ3) is 37.8. The lowest BCUT2D eigenvalue weighted by molar-refractivity contribution is -0.139. The first kappa shape index (κ1) is 38.4. The Hall–Kier alpha value is -1.87. The molecule has 0 fully saturated rings. The Balaban J connectivity index is -0.000000201. The van der Waals surface area contributed by atoms with Crippen molar-refractivity contribution in [2.75, 3.05) is 94.8 Å². The standard InChI is InChI=1S/C11H22N2O2.C7H18N2O.C4H5ClO.N2/c1-10(2)11(14)15-9-8-13(5)7-6-12(3)4;1-8(2)4-5-9(3)6-7-10;1-3(2)4(5)6;1-2/h1,6-9H2,2-5H3;10H,4-7H2,1-3H3;1H2,2H3;. The second-order valence-corrected chi connectivity index (χ2v) is 8.25. The van der Waals surface area contributed by atoms with Gasteiger partial charge in [0.15, 0.2) is 0 Å². The van der Waals surface area contributed by atoms with E-state index in [2.05, 4.69) is 32.8 Å². The van der Waals surface area contributed by atoms with Crippen molar-refractivity contribution in [1.29, 1.82) is 10.8 Å². The van der Waals surface area contributed by atoms with E-state index in [9.17, 15) is 9.59 Å². The number of likely N-dealkylation sites (N-methyl/N-ethyl adjacent to an activating group) is 4. The van der Waals surface area contributed by atoms with Crippen LogP contribution in [0.5, 0.6) is 0 Å². The van der Waals surface area contributed by atoms with Crippen molar-refractivity contribution < 1.29 is 19.4 Å². The summed E-state index contributed by atoms with van der Waals surface area (Å²) < 4.78 is 4.99. The number of halogens is 1. The van der Waals surface area contributed by atoms with E-state index in [0.29, 0.717) is 17.8 Å². The summed E-state index contributed by atoms with van der Waals surface area (Å²) >= 11 is 4.87. The van der Waals surface area contributed by atoms with Crippen LogP contribution >= 0.6 is 11.6 Å². The fourth-order valence-electron chi connectivity index (χ4n) is 1.55. The summed E-state index contributed by atoms with van der Waals surface area (Å²) in [5.74, 6) is -0.309. The van der Waals surface area contributed by atoms with Crippen molar-refractivity contribution in [3.05, 3.63) is 24.3 Å². The molecule has 0 aliphatic rings. The van der Waals surface area contributed by atoms with Gasteiger partial charge in [-0.15, -0.1) is 0 Å². The van der Waals surface area contributed by atoms with Crippen molar-refractivity contribution in [3.8, 4) is 0 Å². The van der Waals surface area contributed by atoms with Crippen molar-refractivity contribution in [2.45, 2.75) is 13.8 Å². The molecule has 0 amide bonds. The van der Waals surface area contributed by atoms with E-state index >= 15 is 0 Å². The topological polar surface area (TPSA) is 124 Å². The monoisotopic (exact) mass is 492 g/mol. The molecule has 0 saturated carbocycles. The smallest absolute Gasteiger partial charge is 0.333 e. The Labute approximate surface area is 205 Å². The molecule has 0 spiro atoms. The SMILES string of the molecule is C=C(C)C(=O)Cl.C=C(C)C(=O)OCCN(C)CCN(C)C.CN(C)CCN(C)CCO.N#N. The average molecular weight is 493 g/mol. The third-order valence-electron chi connectivity index (χ3n) is 3.73. The number of nitrogens with zero attached hydrogens (tertiary/aromatic N) is 6. The van der Waals surface area contributed by atoms with Crippen LogP contribution in [-0.2, 0) is 14.3 Å². The summed E-state index contributed by atoms with van der Waals surface area (Å²) in [6, 6.07) is 0. The van der Waals surface area contributed by atoms with Crippen molar-refractivity contribution >= 4 is 22.8 Å². The lowest BCUT2D eigenvalue weighted by Gasteiger charge is -2.18. The minimum atomic E-state index is -0.463. The number of hydrogen-bond donors (Lipinski definition) is 1. The highest BCUT2D eigenvalue weighted by molar-refractivity contribution is 6.67. The van der Waals surface area contributed by atoms with Crippen LogP contribution in [0.25, 0.3) is 0 Å². The van der Waals surface area contributed by atoms with Crippen molar-refractivity contribution in [2.24, 2.45) is 0 Å². The van der Waals surface area contributed by atoms with Crippen molar-refractivity contribution in [1.82, 2.24) is 19.6 Å². The number of rotatable bonds is 13. The van der Waals surface area contributed by atoms with Crippen LogP contribution in [0, 0.1) is 10.8 Å². The first-order valence-electron chi connectivity index (χ1n) is 10.4. The Bertz CT molecular complexity index is 544. The van der Waals surface area contributed by atoms with Gasteiger partial charge in [0, 0.05) is 61.2 Å². The lowest BCUT2D eigenvalue weighted by Crippen LogP contribution is -2.31. The van der Waals surface area contributed by atoms with E-state index in [1.54, 1.807) is 13.8 Å². The minimum Gasteiger partial charge on any atom is -0.461 e. The molecule has 10 nitrogen and oxygen atoms in total. The molecule has 33 heavy (non-hydrogen) atoms. The molecule has 0 radical (unpaired) electrons. The van der Waals surface area contributed by atoms with Crippen LogP contribution in [0.3, 0.4) is 0 Å². The highest BCUT2D eigenvalue weighted by atomic mass is 35.5. The molecule has 11 heteroatoms. The molecule has 194 valence electrons. The highest BCUT2D eigenvalue weighted by Gasteiger charge is 2.04. The Kier molecular flexibility index (Phi) is 30.7. The first-order chi connectivity index (χ1) is 15.2. The van der Waals surface area contributed by atoms with Crippen LogP contribution in [0.4, 0.5) is 0 Å². The molecule has 0 aromatic carbocycles. The van der Waals surface area contributed by atoms with Gasteiger partial charge in [-0.25, -0.2) is 4.79 Å². The van der Waals surface area contributed by atoms with E-state index in [4.69, 9.17) is 32.2 Å². The molecule has 0 aromatic rings. The molecule has 0 rings (SSSR count). The van der Waals surface area contributed by atoms with E-state index in [-0.39, 0.29) is 12.6 Å². The summed E-state index contributed by atoms with van der Waals surface area (Å²) in [5, 5.41) is 20.1. The van der Waals surface area contributed by atoms with Gasteiger partial charge >= 0.3 is 5.97 Å². The lowest BCUT2D eigenvalue weighted by atomic mass is 10.4. The number of aliphatic hydroxyl groups is 1. The predicted octanol–water partition coefficient (Wildman–Crippen LogP) is 1.43. The predicted molar refractivity (Wildman–Crippen MR) is 134 cm³/mol. The van der Waals surface area contributed by atoms with Crippen LogP contribution < -0.4 is 0 Å². The number of carbonyl (C=O) groups is 2. The van der Waals surface area contributed by atoms with Gasteiger partial charge < -0.3 is 29.4 Å². The van der Waals surface area contributed by atoms with Gasteiger partial charge in [0.25, 0.3) is 0 Å². The van der Waals surface area contributed by atoms with Gasteiger partial charge in [0.2, 0.25) is 5.24 Å². The average Bonchev–Trinajstić information content (AvgIpc) is 2.73. The van der Waals surface area contributed by atoms with E-state index in [0.717, 1.165) is 39.3 Å². The van der Waals surface area contributed by atoms with Crippen LogP contribution in [-0.4, -0.2) is 131 Å². The number of carbonyl (C=O) groups excluding carboxylic acids is 2. The number of allylic oxidation sites excluding steroid dienone is 1. The second-order valence-electron chi connectivity index (χ2n) is 7.91. The van der Waals surface area contributed by atoms with Gasteiger partial charge in [0.05, 0.1) is 6.61 Å². The summed E-state index contributed by atoms with van der Waals surface area (Å²) in [6.45, 7) is 16.3. The Morgan fingerprint density at radius 1 is 0.788 bits per heavy atom. The van der Waals surface area contributed by atoms with Crippen molar-refractivity contribution in [3.63, 3.8) is 0 Å². The summed E-state index contributed by atoms with van der Waals surface area (Å²) in [5.41, 5.74) is 0.836. The summed E-state index contributed by atoms with van der Waals surface area (Å²) in [7, 11) is 12.2. The summed E-state index contributed by atoms with van der Waals surface area (Å²) in [4.78, 5) is 29.3. The molecule has 0 unspecified atom stereocenters. The van der Waals surface area contributed by atoms with E-state index < -0.39 is 5.24 Å². The van der Waals surface area contributed by atoms with Crippen LogP contribution in [0.2, 0.25) is 0 Å². The Morgan fingerprint density at radius 2 is 1.15 bits per heavy atom. The fourth-order valence-corrected chi connectivity index (χ4v) is 1.55. The Morgan fingerprint density at radius 3 is 1.42 bits per heavy atom. The molecule has 0 aliphatic heterocycles. The van der Waals surface area contributed by atoms with Gasteiger partial charge in [-0.1, -0.05) is 13.2 Å². The highest BCUT2D eigenvalue weighted by Crippen LogP contribution is 1.93. The van der Waals surface area contributed by atoms with Gasteiger partial charge in [-0.05, 0) is 67.7 Å². The van der Waals surface area contributed by atoms with Crippen LogP contribution in [0.1, 0.15) is 13.8 Å². The largest absolute Gasteiger partial charge is 0.461 e. The first-order valence-corrected chi connectivity index (χ1v) is 10.8. The zero-order chi connectivity index (χ0) is 27.0. The minimum absolute atomic E-state index is 0.254. The maximum atomic E-state index is 11.0. The molecule has 0 atom stereocenters. The zero-order valence-corrected chi connectivity index (χ0v) is 22.6. The number of aliphatic hydroxyl groups excluding tert-OH is 1. The fraction of sp³-hybridized carbons (Fsp3) is 0.727. The van der Waals surface area contributed by atoms with E-state index in [1.165, 1.54) is 0 Å². The number of ether oxygens (including phenoxy) is 1. The van der Waals surface area contributed by atoms with E-state index in [1.807, 2.05) is 42.3 Å².